The van der Waals surface area contributed by atoms with Gasteiger partial charge in [-0.1, -0.05) is 30.3 Å². The van der Waals surface area contributed by atoms with E-state index in [1.54, 1.807) is 24.5 Å². The Kier molecular flexibility index (Phi) is 6.69. The molecule has 0 saturated heterocycles. The van der Waals surface area contributed by atoms with Gasteiger partial charge >= 0.3 is 0 Å². The SMILES string of the molecule is O=C(NCc1ccncc1)[C@@H](Cc1ccccc1)NS(=O)(=O)c1ccc(F)cc1. The van der Waals surface area contributed by atoms with Gasteiger partial charge in [0.2, 0.25) is 15.9 Å². The Bertz CT molecular complexity index is 1040. The maximum atomic E-state index is 13.1. The van der Waals surface area contributed by atoms with Crippen molar-refractivity contribution in [3.05, 3.63) is 96.1 Å². The Morgan fingerprint density at radius 1 is 0.931 bits per heavy atom. The van der Waals surface area contributed by atoms with Crippen LogP contribution in [0.3, 0.4) is 0 Å². The minimum atomic E-state index is -4.01. The van der Waals surface area contributed by atoms with Gasteiger partial charge < -0.3 is 5.32 Å². The molecular formula is C21H20FN3O3S. The molecule has 0 aliphatic rings. The van der Waals surface area contributed by atoms with Crippen molar-refractivity contribution in [2.24, 2.45) is 0 Å². The Labute approximate surface area is 168 Å². The van der Waals surface area contributed by atoms with Crippen LogP contribution in [0, 0.1) is 5.82 Å². The average molecular weight is 413 g/mol. The largest absolute Gasteiger partial charge is 0.351 e. The summed E-state index contributed by atoms with van der Waals surface area (Å²) in [4.78, 5) is 16.6. The number of carbonyl (C=O) groups excluding carboxylic acids is 1. The molecule has 0 saturated carbocycles. The van der Waals surface area contributed by atoms with Crippen LogP contribution < -0.4 is 10.0 Å². The molecule has 0 radical (unpaired) electrons. The standard InChI is InChI=1S/C21H20FN3O3S/c22-18-6-8-19(9-7-18)29(27,28)25-20(14-16-4-2-1-3-5-16)21(26)24-15-17-10-12-23-13-11-17/h1-13,20,25H,14-15H2,(H,24,26)/t20-/m1/s1. The van der Waals surface area contributed by atoms with E-state index >= 15 is 0 Å². The lowest BCUT2D eigenvalue weighted by molar-refractivity contribution is -0.122. The number of rotatable bonds is 8. The number of nitrogens with zero attached hydrogens (tertiary/aromatic N) is 1. The summed E-state index contributed by atoms with van der Waals surface area (Å²) in [5.74, 6) is -1.00. The molecule has 6 nitrogen and oxygen atoms in total. The van der Waals surface area contributed by atoms with E-state index < -0.39 is 27.8 Å². The second-order valence-electron chi connectivity index (χ2n) is 6.39. The van der Waals surface area contributed by atoms with Gasteiger partial charge in [0.15, 0.2) is 0 Å². The highest BCUT2D eigenvalue weighted by Gasteiger charge is 2.26. The number of aromatic nitrogens is 1. The van der Waals surface area contributed by atoms with Crippen molar-refractivity contribution in [2.75, 3.05) is 0 Å². The quantitative estimate of drug-likeness (QED) is 0.594. The van der Waals surface area contributed by atoms with Crippen molar-refractivity contribution in [1.29, 1.82) is 0 Å². The maximum Gasteiger partial charge on any atom is 0.241 e. The molecule has 0 spiro atoms. The van der Waals surface area contributed by atoms with E-state index in [1.807, 2.05) is 30.3 Å². The Morgan fingerprint density at radius 3 is 2.24 bits per heavy atom. The summed E-state index contributed by atoms with van der Waals surface area (Å²) in [6.07, 6.45) is 3.39. The second kappa shape index (κ2) is 9.40. The molecule has 1 atom stereocenters. The molecule has 0 unspecified atom stereocenters. The second-order valence-corrected chi connectivity index (χ2v) is 8.10. The van der Waals surface area contributed by atoms with Crippen molar-refractivity contribution in [3.63, 3.8) is 0 Å². The number of halogens is 1. The minimum Gasteiger partial charge on any atom is -0.351 e. The lowest BCUT2D eigenvalue weighted by atomic mass is 10.1. The van der Waals surface area contributed by atoms with E-state index in [2.05, 4.69) is 15.0 Å². The van der Waals surface area contributed by atoms with Gasteiger partial charge in [-0.05, 0) is 53.9 Å². The van der Waals surface area contributed by atoms with Crippen LogP contribution in [0.5, 0.6) is 0 Å². The Balaban J connectivity index is 1.78. The fourth-order valence-electron chi connectivity index (χ4n) is 2.72. The van der Waals surface area contributed by atoms with Crippen LogP contribution in [0.15, 0.2) is 84.0 Å². The third-order valence-electron chi connectivity index (χ3n) is 4.24. The smallest absolute Gasteiger partial charge is 0.241 e. The molecule has 8 heteroatoms. The lowest BCUT2D eigenvalue weighted by Crippen LogP contribution is -2.47. The van der Waals surface area contributed by atoms with E-state index in [1.165, 1.54) is 0 Å². The van der Waals surface area contributed by atoms with E-state index in [9.17, 15) is 17.6 Å². The highest BCUT2D eigenvalue weighted by Crippen LogP contribution is 2.12. The fraction of sp³-hybridized carbons (Fsp3) is 0.143. The predicted molar refractivity (Wildman–Crippen MR) is 107 cm³/mol. The molecule has 150 valence electrons. The van der Waals surface area contributed by atoms with E-state index in [0.717, 1.165) is 35.4 Å². The molecular weight excluding hydrogens is 393 g/mol. The normalized spacial score (nSPS) is 12.3. The topological polar surface area (TPSA) is 88.2 Å². The first kappa shape index (κ1) is 20.6. The summed E-state index contributed by atoms with van der Waals surface area (Å²) in [5.41, 5.74) is 1.64. The summed E-state index contributed by atoms with van der Waals surface area (Å²) in [6, 6.07) is 16.0. The maximum absolute atomic E-state index is 13.1. The van der Waals surface area contributed by atoms with Gasteiger partial charge in [-0.3, -0.25) is 9.78 Å². The average Bonchev–Trinajstić information content (AvgIpc) is 2.73. The van der Waals surface area contributed by atoms with Crippen molar-refractivity contribution < 1.29 is 17.6 Å². The lowest BCUT2D eigenvalue weighted by Gasteiger charge is -2.19. The van der Waals surface area contributed by atoms with Gasteiger partial charge in [-0.2, -0.15) is 4.72 Å². The zero-order valence-corrected chi connectivity index (χ0v) is 16.3. The monoisotopic (exact) mass is 413 g/mol. The van der Waals surface area contributed by atoms with Gasteiger partial charge in [-0.15, -0.1) is 0 Å². The molecule has 2 N–H and O–H groups in total. The summed E-state index contributed by atoms with van der Waals surface area (Å²) in [7, 11) is -4.01. The number of hydrogen-bond acceptors (Lipinski definition) is 4. The van der Waals surface area contributed by atoms with E-state index in [-0.39, 0.29) is 17.9 Å². The van der Waals surface area contributed by atoms with Crippen LogP contribution in [0.1, 0.15) is 11.1 Å². The predicted octanol–water partition coefficient (Wildman–Crippen LogP) is 2.43. The number of sulfonamides is 1. The van der Waals surface area contributed by atoms with Crippen LogP contribution in [-0.4, -0.2) is 25.4 Å². The van der Waals surface area contributed by atoms with Crippen LogP contribution >= 0.6 is 0 Å². The van der Waals surface area contributed by atoms with Gasteiger partial charge in [0.05, 0.1) is 4.90 Å². The van der Waals surface area contributed by atoms with E-state index in [0.29, 0.717) is 0 Å². The molecule has 0 aliphatic carbocycles. The third-order valence-corrected chi connectivity index (χ3v) is 5.72. The highest BCUT2D eigenvalue weighted by molar-refractivity contribution is 7.89. The molecule has 2 aromatic carbocycles. The Morgan fingerprint density at radius 2 is 1.59 bits per heavy atom. The van der Waals surface area contributed by atoms with Crippen molar-refractivity contribution in [3.8, 4) is 0 Å². The first-order valence-corrected chi connectivity index (χ1v) is 10.4. The zero-order valence-electron chi connectivity index (χ0n) is 15.5. The summed E-state index contributed by atoms with van der Waals surface area (Å²) in [5, 5.41) is 2.75. The third kappa shape index (κ3) is 5.94. The number of pyridine rings is 1. The summed E-state index contributed by atoms with van der Waals surface area (Å²) in [6.45, 7) is 0.241. The number of benzene rings is 2. The van der Waals surface area contributed by atoms with Gasteiger partial charge in [0.1, 0.15) is 11.9 Å². The molecule has 0 aliphatic heterocycles. The van der Waals surface area contributed by atoms with Gasteiger partial charge in [-0.25, -0.2) is 12.8 Å². The first-order valence-electron chi connectivity index (χ1n) is 8.92. The van der Waals surface area contributed by atoms with Crippen LogP contribution in [0.4, 0.5) is 4.39 Å². The van der Waals surface area contributed by atoms with Crippen LogP contribution in [0.25, 0.3) is 0 Å². The van der Waals surface area contributed by atoms with E-state index in [4.69, 9.17) is 0 Å². The van der Waals surface area contributed by atoms with Crippen molar-refractivity contribution in [2.45, 2.75) is 23.9 Å². The Hall–Kier alpha value is -3.10. The van der Waals surface area contributed by atoms with Crippen molar-refractivity contribution in [1.82, 2.24) is 15.0 Å². The number of nitrogens with one attached hydrogen (secondary N) is 2. The molecule has 1 amide bonds. The first-order chi connectivity index (χ1) is 13.9. The fourth-order valence-corrected chi connectivity index (χ4v) is 3.92. The van der Waals surface area contributed by atoms with Crippen LogP contribution in [-0.2, 0) is 27.8 Å². The molecule has 3 aromatic rings. The van der Waals surface area contributed by atoms with Crippen LogP contribution in [0.2, 0.25) is 0 Å². The van der Waals surface area contributed by atoms with Crippen molar-refractivity contribution >= 4 is 15.9 Å². The number of hydrogen-bond donors (Lipinski definition) is 2. The number of carbonyl (C=O) groups is 1. The van der Waals surface area contributed by atoms with Gasteiger partial charge in [0, 0.05) is 18.9 Å². The highest BCUT2D eigenvalue weighted by atomic mass is 32.2. The molecule has 3 rings (SSSR count). The summed E-state index contributed by atoms with van der Waals surface area (Å²) >= 11 is 0. The molecule has 1 aromatic heterocycles. The molecule has 1 heterocycles. The van der Waals surface area contributed by atoms with Gasteiger partial charge in [0.25, 0.3) is 0 Å². The summed E-state index contributed by atoms with van der Waals surface area (Å²) < 4.78 is 41.0. The molecule has 29 heavy (non-hydrogen) atoms. The molecule has 0 bridgehead atoms. The number of amides is 1. The molecule has 0 fully saturated rings. The zero-order chi connectivity index (χ0) is 20.7. The minimum absolute atomic E-state index is 0.112.